The molecule has 26 heavy (non-hydrogen) atoms. The van der Waals surface area contributed by atoms with Crippen molar-refractivity contribution in [3.05, 3.63) is 71.8 Å². The van der Waals surface area contributed by atoms with Crippen LogP contribution < -0.4 is 0 Å². The van der Waals surface area contributed by atoms with E-state index in [1.165, 1.54) is 5.56 Å². The van der Waals surface area contributed by atoms with Gasteiger partial charge in [-0.05, 0) is 17.0 Å². The summed E-state index contributed by atoms with van der Waals surface area (Å²) in [6.45, 7) is 5.53. The lowest BCUT2D eigenvalue weighted by molar-refractivity contribution is -0.144. The highest BCUT2D eigenvalue weighted by Crippen LogP contribution is 2.38. The average Bonchev–Trinajstić information content (AvgIpc) is 2.64. The molecule has 0 N–H and O–H groups in total. The second-order valence-electron chi connectivity index (χ2n) is 7.06. The lowest BCUT2D eigenvalue weighted by atomic mass is 9.84. The van der Waals surface area contributed by atoms with Gasteiger partial charge in [-0.2, -0.15) is 0 Å². The molecular formula is C22H26N2O2. The number of carbonyl (C=O) groups is 2. The number of hydrogen-bond donors (Lipinski definition) is 0. The first-order chi connectivity index (χ1) is 12.6. The van der Waals surface area contributed by atoms with E-state index in [1.54, 1.807) is 11.8 Å². The SMILES string of the molecule is CC(=O)N(CCC(=O)N1C[C@@H](C)[C@@H]1c1ccccc1)Cc1ccccc1. The van der Waals surface area contributed by atoms with Crippen molar-refractivity contribution in [1.29, 1.82) is 0 Å². The zero-order valence-electron chi connectivity index (χ0n) is 15.5. The van der Waals surface area contributed by atoms with E-state index in [2.05, 4.69) is 19.1 Å². The molecule has 0 radical (unpaired) electrons. The van der Waals surface area contributed by atoms with Crippen LogP contribution in [0.3, 0.4) is 0 Å². The van der Waals surface area contributed by atoms with Crippen molar-refractivity contribution in [2.75, 3.05) is 13.1 Å². The van der Waals surface area contributed by atoms with E-state index in [-0.39, 0.29) is 17.9 Å². The second-order valence-corrected chi connectivity index (χ2v) is 7.06. The van der Waals surface area contributed by atoms with Crippen molar-refractivity contribution in [3.8, 4) is 0 Å². The topological polar surface area (TPSA) is 40.6 Å². The molecule has 0 spiro atoms. The third kappa shape index (κ3) is 4.13. The van der Waals surface area contributed by atoms with Gasteiger partial charge in [0.05, 0.1) is 6.04 Å². The molecule has 2 aromatic carbocycles. The highest BCUT2D eigenvalue weighted by Gasteiger charge is 2.39. The Kier molecular flexibility index (Phi) is 5.71. The number of rotatable bonds is 6. The molecule has 0 aromatic heterocycles. The molecule has 3 rings (SSSR count). The molecule has 0 bridgehead atoms. The maximum Gasteiger partial charge on any atom is 0.224 e. The zero-order valence-corrected chi connectivity index (χ0v) is 15.5. The quantitative estimate of drug-likeness (QED) is 0.798. The summed E-state index contributed by atoms with van der Waals surface area (Å²) in [5.41, 5.74) is 2.27. The highest BCUT2D eigenvalue weighted by molar-refractivity contribution is 5.79. The van der Waals surface area contributed by atoms with Crippen LogP contribution in [-0.2, 0) is 16.1 Å². The minimum Gasteiger partial charge on any atom is -0.338 e. The fourth-order valence-electron chi connectivity index (χ4n) is 3.63. The summed E-state index contributed by atoms with van der Waals surface area (Å²) in [4.78, 5) is 28.4. The van der Waals surface area contributed by atoms with Gasteiger partial charge < -0.3 is 9.80 Å². The number of amides is 2. The van der Waals surface area contributed by atoms with Crippen LogP contribution in [0.5, 0.6) is 0 Å². The van der Waals surface area contributed by atoms with Crippen molar-refractivity contribution in [2.24, 2.45) is 5.92 Å². The van der Waals surface area contributed by atoms with Crippen LogP contribution in [0, 0.1) is 5.92 Å². The fraction of sp³-hybridized carbons (Fsp3) is 0.364. The normalized spacial score (nSPS) is 18.9. The third-order valence-electron chi connectivity index (χ3n) is 5.08. The van der Waals surface area contributed by atoms with Gasteiger partial charge >= 0.3 is 0 Å². The minimum atomic E-state index is -0.00163. The highest BCUT2D eigenvalue weighted by atomic mass is 16.2. The molecule has 136 valence electrons. The number of likely N-dealkylation sites (tertiary alicyclic amines) is 1. The number of hydrogen-bond acceptors (Lipinski definition) is 2. The van der Waals surface area contributed by atoms with E-state index in [0.717, 1.165) is 12.1 Å². The Morgan fingerprint density at radius 2 is 1.65 bits per heavy atom. The molecule has 1 heterocycles. The summed E-state index contributed by atoms with van der Waals surface area (Å²) in [5, 5.41) is 0. The van der Waals surface area contributed by atoms with E-state index >= 15 is 0 Å². The van der Waals surface area contributed by atoms with Crippen molar-refractivity contribution < 1.29 is 9.59 Å². The Balaban J connectivity index is 1.59. The van der Waals surface area contributed by atoms with Gasteiger partial charge in [0.15, 0.2) is 0 Å². The average molecular weight is 350 g/mol. The molecular weight excluding hydrogens is 324 g/mol. The van der Waals surface area contributed by atoms with Gasteiger partial charge in [0, 0.05) is 33.0 Å². The first-order valence-electron chi connectivity index (χ1n) is 9.20. The summed E-state index contributed by atoms with van der Waals surface area (Å²) in [6.07, 6.45) is 0.364. The van der Waals surface area contributed by atoms with Crippen LogP contribution in [0.1, 0.15) is 37.4 Å². The monoisotopic (exact) mass is 350 g/mol. The molecule has 4 nitrogen and oxygen atoms in total. The lowest BCUT2D eigenvalue weighted by Gasteiger charge is -2.47. The van der Waals surface area contributed by atoms with Gasteiger partial charge in [0.2, 0.25) is 11.8 Å². The Hall–Kier alpha value is -2.62. The Morgan fingerprint density at radius 3 is 2.23 bits per heavy atom. The van der Waals surface area contributed by atoms with Crippen LogP contribution in [0.25, 0.3) is 0 Å². The molecule has 4 heteroatoms. The third-order valence-corrected chi connectivity index (χ3v) is 5.08. The molecule has 1 aliphatic heterocycles. The summed E-state index contributed by atoms with van der Waals surface area (Å²) in [6, 6.07) is 20.2. The molecule has 1 aliphatic rings. The van der Waals surface area contributed by atoms with Crippen molar-refractivity contribution >= 4 is 11.8 Å². The van der Waals surface area contributed by atoms with Gasteiger partial charge in [0.25, 0.3) is 0 Å². The molecule has 0 aliphatic carbocycles. The maximum absolute atomic E-state index is 12.7. The van der Waals surface area contributed by atoms with Gasteiger partial charge in [-0.1, -0.05) is 67.6 Å². The van der Waals surface area contributed by atoms with Crippen molar-refractivity contribution in [1.82, 2.24) is 9.80 Å². The van der Waals surface area contributed by atoms with E-state index in [4.69, 9.17) is 0 Å². The molecule has 2 amide bonds. The van der Waals surface area contributed by atoms with E-state index in [9.17, 15) is 9.59 Å². The maximum atomic E-state index is 12.7. The van der Waals surface area contributed by atoms with Gasteiger partial charge in [-0.25, -0.2) is 0 Å². The van der Waals surface area contributed by atoms with Crippen molar-refractivity contribution in [3.63, 3.8) is 0 Å². The summed E-state index contributed by atoms with van der Waals surface area (Å²) in [7, 11) is 0. The fourth-order valence-corrected chi connectivity index (χ4v) is 3.63. The van der Waals surface area contributed by atoms with Crippen LogP contribution in [-0.4, -0.2) is 34.7 Å². The Labute approximate surface area is 155 Å². The van der Waals surface area contributed by atoms with Gasteiger partial charge in [0.1, 0.15) is 0 Å². The van der Waals surface area contributed by atoms with Crippen LogP contribution >= 0.6 is 0 Å². The van der Waals surface area contributed by atoms with Gasteiger partial charge in [-0.3, -0.25) is 9.59 Å². The second kappa shape index (κ2) is 8.17. The largest absolute Gasteiger partial charge is 0.338 e. The Bertz CT molecular complexity index is 745. The molecule has 0 unspecified atom stereocenters. The number of nitrogens with zero attached hydrogens (tertiary/aromatic N) is 2. The molecule has 0 saturated carbocycles. The summed E-state index contributed by atoms with van der Waals surface area (Å²) < 4.78 is 0. The molecule has 1 saturated heterocycles. The van der Waals surface area contributed by atoms with Crippen LogP contribution in [0.2, 0.25) is 0 Å². The smallest absolute Gasteiger partial charge is 0.224 e. The Morgan fingerprint density at radius 1 is 1.04 bits per heavy atom. The summed E-state index contributed by atoms with van der Waals surface area (Å²) >= 11 is 0. The number of benzene rings is 2. The van der Waals surface area contributed by atoms with E-state index in [0.29, 0.717) is 25.4 Å². The molecule has 1 fully saturated rings. The molecule has 2 aromatic rings. The van der Waals surface area contributed by atoms with Crippen LogP contribution in [0.4, 0.5) is 0 Å². The van der Waals surface area contributed by atoms with E-state index < -0.39 is 0 Å². The van der Waals surface area contributed by atoms with Crippen molar-refractivity contribution in [2.45, 2.75) is 32.9 Å². The lowest BCUT2D eigenvalue weighted by Crippen LogP contribution is -2.52. The van der Waals surface area contributed by atoms with E-state index in [1.807, 2.05) is 53.4 Å². The zero-order chi connectivity index (χ0) is 18.5. The predicted octanol–water partition coefficient (Wildman–Crippen LogP) is 3.64. The first-order valence-corrected chi connectivity index (χ1v) is 9.20. The minimum absolute atomic E-state index is 0.00163. The predicted molar refractivity (Wildman–Crippen MR) is 102 cm³/mol. The number of carbonyl (C=O) groups excluding carboxylic acids is 2. The molecule has 2 atom stereocenters. The first kappa shape index (κ1) is 18.2. The van der Waals surface area contributed by atoms with Crippen LogP contribution in [0.15, 0.2) is 60.7 Å². The summed E-state index contributed by atoms with van der Waals surface area (Å²) in [5.74, 6) is 0.587. The van der Waals surface area contributed by atoms with Gasteiger partial charge in [-0.15, -0.1) is 0 Å². The standard InChI is InChI=1S/C22H26N2O2/c1-17-15-24(22(17)20-11-7-4-8-12-20)21(26)13-14-23(18(2)25)16-19-9-5-3-6-10-19/h3-12,17,22H,13-16H2,1-2H3/t17-,22-/m1/s1.